The van der Waals surface area contributed by atoms with Crippen molar-refractivity contribution in [2.75, 3.05) is 0 Å². The molecule has 1 aromatic heterocycles. The Balaban J connectivity index is 1.80. The van der Waals surface area contributed by atoms with Crippen molar-refractivity contribution in [3.8, 4) is 5.69 Å². The maximum absolute atomic E-state index is 13.1. The zero-order valence-corrected chi connectivity index (χ0v) is 14.3. The second kappa shape index (κ2) is 6.84. The van der Waals surface area contributed by atoms with Crippen LogP contribution in [0.25, 0.3) is 5.69 Å². The third-order valence-corrected chi connectivity index (χ3v) is 4.05. The molecular formula is C19H19FN4O. The number of carbonyl (C=O) groups is 1. The normalized spacial score (nSPS) is 12.0. The molecule has 1 amide bonds. The van der Waals surface area contributed by atoms with Gasteiger partial charge in [0, 0.05) is 0 Å². The van der Waals surface area contributed by atoms with Crippen LogP contribution in [-0.4, -0.2) is 20.7 Å². The van der Waals surface area contributed by atoms with Gasteiger partial charge in [0.15, 0.2) is 0 Å². The Morgan fingerprint density at radius 3 is 2.48 bits per heavy atom. The van der Waals surface area contributed by atoms with Gasteiger partial charge in [-0.3, -0.25) is 4.79 Å². The lowest BCUT2D eigenvalue weighted by Gasteiger charge is -2.15. The lowest BCUT2D eigenvalue weighted by atomic mass is 10.0. The Hall–Kier alpha value is -3.02. The number of benzene rings is 2. The summed E-state index contributed by atoms with van der Waals surface area (Å²) in [5.41, 5.74) is 2.80. The van der Waals surface area contributed by atoms with Gasteiger partial charge in [0.1, 0.15) is 11.6 Å². The number of hydrogen-bond donors (Lipinski definition) is 1. The van der Waals surface area contributed by atoms with Gasteiger partial charge in [-0.1, -0.05) is 24.3 Å². The molecule has 0 saturated carbocycles. The first-order chi connectivity index (χ1) is 12.0. The van der Waals surface area contributed by atoms with Crippen molar-refractivity contribution in [1.82, 2.24) is 20.1 Å². The number of aromatic nitrogens is 3. The monoisotopic (exact) mass is 338 g/mol. The highest BCUT2D eigenvalue weighted by Gasteiger charge is 2.18. The molecule has 0 bridgehead atoms. The minimum atomic E-state index is -0.347. The fourth-order valence-corrected chi connectivity index (χ4v) is 2.72. The number of amides is 1. The SMILES string of the molecule is Cc1ccccc1C(C)NC(=O)c1nc(C)n(-c2ccc(F)cc2)n1. The van der Waals surface area contributed by atoms with Gasteiger partial charge in [0.25, 0.3) is 5.91 Å². The lowest BCUT2D eigenvalue weighted by molar-refractivity contribution is 0.0929. The minimum absolute atomic E-state index is 0.0854. The summed E-state index contributed by atoms with van der Waals surface area (Å²) in [6.45, 7) is 5.67. The fourth-order valence-electron chi connectivity index (χ4n) is 2.72. The standard InChI is InChI=1S/C19H19FN4O/c1-12-6-4-5-7-17(12)13(2)21-19(25)18-22-14(3)24(23-18)16-10-8-15(20)9-11-16/h4-11,13H,1-3H3,(H,21,25). The predicted octanol–water partition coefficient (Wildman–Crippen LogP) is 3.51. The van der Waals surface area contributed by atoms with Gasteiger partial charge in [0.05, 0.1) is 11.7 Å². The van der Waals surface area contributed by atoms with E-state index in [1.165, 1.54) is 16.8 Å². The van der Waals surface area contributed by atoms with Crippen molar-refractivity contribution in [2.45, 2.75) is 26.8 Å². The van der Waals surface area contributed by atoms with E-state index in [2.05, 4.69) is 15.4 Å². The third kappa shape index (κ3) is 3.57. The number of nitrogens with one attached hydrogen (secondary N) is 1. The summed E-state index contributed by atoms with van der Waals surface area (Å²) < 4.78 is 14.6. The molecule has 3 aromatic rings. The summed E-state index contributed by atoms with van der Waals surface area (Å²) in [5.74, 6) is -0.0335. The molecule has 0 spiro atoms. The second-order valence-electron chi connectivity index (χ2n) is 5.92. The number of hydrogen-bond acceptors (Lipinski definition) is 3. The fraction of sp³-hybridized carbons (Fsp3) is 0.211. The van der Waals surface area contributed by atoms with Crippen LogP contribution >= 0.6 is 0 Å². The molecule has 2 aromatic carbocycles. The molecule has 0 aliphatic heterocycles. The van der Waals surface area contributed by atoms with Crippen molar-refractivity contribution in [2.24, 2.45) is 0 Å². The number of rotatable bonds is 4. The molecule has 5 nitrogen and oxygen atoms in total. The van der Waals surface area contributed by atoms with Crippen LogP contribution in [0.2, 0.25) is 0 Å². The van der Waals surface area contributed by atoms with Gasteiger partial charge < -0.3 is 5.32 Å². The Morgan fingerprint density at radius 1 is 1.12 bits per heavy atom. The van der Waals surface area contributed by atoms with Crippen molar-refractivity contribution >= 4 is 5.91 Å². The molecule has 128 valence electrons. The zero-order chi connectivity index (χ0) is 18.0. The van der Waals surface area contributed by atoms with E-state index >= 15 is 0 Å². The lowest BCUT2D eigenvalue weighted by Crippen LogP contribution is -2.28. The number of aryl methyl sites for hydroxylation is 2. The molecule has 0 fully saturated rings. The molecule has 0 aliphatic carbocycles. The molecule has 0 saturated heterocycles. The molecular weight excluding hydrogens is 319 g/mol. The van der Waals surface area contributed by atoms with Crippen LogP contribution < -0.4 is 5.32 Å². The Labute approximate surface area is 145 Å². The van der Waals surface area contributed by atoms with E-state index < -0.39 is 0 Å². The molecule has 6 heteroatoms. The van der Waals surface area contributed by atoms with Crippen LogP contribution in [-0.2, 0) is 0 Å². The molecule has 25 heavy (non-hydrogen) atoms. The van der Waals surface area contributed by atoms with Crippen LogP contribution in [0.3, 0.4) is 0 Å². The minimum Gasteiger partial charge on any atom is -0.343 e. The van der Waals surface area contributed by atoms with Crippen molar-refractivity contribution in [3.63, 3.8) is 0 Å². The largest absolute Gasteiger partial charge is 0.343 e. The van der Waals surface area contributed by atoms with Gasteiger partial charge >= 0.3 is 0 Å². The molecule has 1 heterocycles. The molecule has 1 atom stereocenters. The molecule has 3 rings (SSSR count). The van der Waals surface area contributed by atoms with E-state index in [4.69, 9.17) is 0 Å². The number of nitrogens with zero attached hydrogens (tertiary/aromatic N) is 3. The van der Waals surface area contributed by atoms with Gasteiger partial charge in [-0.05, 0) is 56.2 Å². The van der Waals surface area contributed by atoms with E-state index in [-0.39, 0.29) is 23.6 Å². The van der Waals surface area contributed by atoms with Crippen LogP contribution in [0.5, 0.6) is 0 Å². The van der Waals surface area contributed by atoms with Gasteiger partial charge in [0.2, 0.25) is 5.82 Å². The summed E-state index contributed by atoms with van der Waals surface area (Å²) >= 11 is 0. The maximum atomic E-state index is 13.1. The number of carbonyl (C=O) groups excluding carboxylic acids is 1. The summed E-state index contributed by atoms with van der Waals surface area (Å²) in [6, 6.07) is 13.6. The Morgan fingerprint density at radius 2 is 1.80 bits per heavy atom. The molecule has 0 radical (unpaired) electrons. The quantitative estimate of drug-likeness (QED) is 0.792. The van der Waals surface area contributed by atoms with Crippen molar-refractivity contribution < 1.29 is 9.18 Å². The van der Waals surface area contributed by atoms with Gasteiger partial charge in [-0.15, -0.1) is 5.10 Å². The van der Waals surface area contributed by atoms with Crippen molar-refractivity contribution in [3.05, 3.63) is 77.1 Å². The highest BCUT2D eigenvalue weighted by Crippen LogP contribution is 2.17. The predicted molar refractivity (Wildman–Crippen MR) is 93.1 cm³/mol. The average molecular weight is 338 g/mol. The molecule has 1 unspecified atom stereocenters. The smallest absolute Gasteiger partial charge is 0.291 e. The Bertz CT molecular complexity index is 902. The summed E-state index contributed by atoms with van der Waals surface area (Å²) in [6.07, 6.45) is 0. The first-order valence-electron chi connectivity index (χ1n) is 8.01. The second-order valence-corrected chi connectivity index (χ2v) is 5.92. The van der Waals surface area contributed by atoms with Gasteiger partial charge in [-0.2, -0.15) is 0 Å². The summed E-state index contributed by atoms with van der Waals surface area (Å²) in [4.78, 5) is 16.7. The van der Waals surface area contributed by atoms with Crippen LogP contribution in [0.1, 0.15) is 40.5 Å². The first-order valence-corrected chi connectivity index (χ1v) is 8.01. The third-order valence-electron chi connectivity index (χ3n) is 4.05. The Kier molecular flexibility index (Phi) is 4.61. The van der Waals surface area contributed by atoms with E-state index in [9.17, 15) is 9.18 Å². The van der Waals surface area contributed by atoms with E-state index in [1.54, 1.807) is 19.1 Å². The van der Waals surface area contributed by atoms with Gasteiger partial charge in [-0.25, -0.2) is 14.1 Å². The molecule has 0 aliphatic rings. The highest BCUT2D eigenvalue weighted by atomic mass is 19.1. The average Bonchev–Trinajstić information content (AvgIpc) is 2.98. The topological polar surface area (TPSA) is 59.8 Å². The summed E-state index contributed by atoms with van der Waals surface area (Å²) in [5, 5.41) is 7.17. The van der Waals surface area contributed by atoms with Crippen LogP contribution in [0.4, 0.5) is 4.39 Å². The van der Waals surface area contributed by atoms with E-state index in [1.807, 2.05) is 38.1 Å². The first kappa shape index (κ1) is 16.8. The molecule has 1 N–H and O–H groups in total. The van der Waals surface area contributed by atoms with E-state index in [0.717, 1.165) is 11.1 Å². The number of halogens is 1. The van der Waals surface area contributed by atoms with Crippen LogP contribution in [0.15, 0.2) is 48.5 Å². The summed E-state index contributed by atoms with van der Waals surface area (Å²) in [7, 11) is 0. The highest BCUT2D eigenvalue weighted by molar-refractivity contribution is 5.90. The zero-order valence-electron chi connectivity index (χ0n) is 14.3. The maximum Gasteiger partial charge on any atom is 0.291 e. The van der Waals surface area contributed by atoms with Crippen LogP contribution in [0, 0.1) is 19.7 Å². The van der Waals surface area contributed by atoms with Crippen molar-refractivity contribution in [1.29, 1.82) is 0 Å². The van der Waals surface area contributed by atoms with E-state index in [0.29, 0.717) is 11.5 Å².